The van der Waals surface area contributed by atoms with E-state index in [-0.39, 0.29) is 13.1 Å². The van der Waals surface area contributed by atoms with Crippen molar-refractivity contribution in [2.75, 3.05) is 13.1 Å². The van der Waals surface area contributed by atoms with Gasteiger partial charge in [0.25, 0.3) is 0 Å². The fourth-order valence-corrected chi connectivity index (χ4v) is 3.29. The minimum absolute atomic E-state index is 0.0564. The van der Waals surface area contributed by atoms with Gasteiger partial charge in [0.15, 0.2) is 0 Å². The van der Waals surface area contributed by atoms with E-state index in [0.29, 0.717) is 12.5 Å². The molecule has 1 saturated heterocycles. The van der Waals surface area contributed by atoms with Gasteiger partial charge >= 0.3 is 0 Å². The summed E-state index contributed by atoms with van der Waals surface area (Å²) in [7, 11) is -3.99. The quantitative estimate of drug-likeness (QED) is 0.855. The normalized spacial score (nSPS) is 21.9. The molecule has 0 bridgehead atoms. The zero-order valence-corrected chi connectivity index (χ0v) is 9.62. The molecule has 17 heavy (non-hydrogen) atoms. The molecule has 1 heterocycles. The molecule has 1 aromatic rings. The number of nitrogens with zero attached hydrogens (tertiary/aromatic N) is 1. The molecule has 0 aliphatic carbocycles. The Balaban J connectivity index is 2.38. The maximum absolute atomic E-state index is 13.4. The lowest BCUT2D eigenvalue weighted by Crippen LogP contribution is -2.30. The number of sulfonamides is 1. The SMILES string of the molecule is O=S(=O)(c1ccc(F)cc1F)N1CC[C@@H](O)C1. The molecule has 0 saturated carbocycles. The van der Waals surface area contributed by atoms with Crippen molar-refractivity contribution in [1.82, 2.24) is 4.31 Å². The largest absolute Gasteiger partial charge is 0.392 e. The summed E-state index contributed by atoms with van der Waals surface area (Å²) in [5, 5.41) is 9.26. The van der Waals surface area contributed by atoms with Gasteiger partial charge in [-0.3, -0.25) is 0 Å². The summed E-state index contributed by atoms with van der Waals surface area (Å²) < 4.78 is 51.0. The smallest absolute Gasteiger partial charge is 0.246 e. The first-order chi connectivity index (χ1) is 7.91. The molecular weight excluding hydrogens is 252 g/mol. The van der Waals surface area contributed by atoms with Crippen LogP contribution < -0.4 is 0 Å². The molecule has 7 heteroatoms. The monoisotopic (exact) mass is 263 g/mol. The second-order valence-corrected chi connectivity index (χ2v) is 5.79. The summed E-state index contributed by atoms with van der Waals surface area (Å²) in [4.78, 5) is -0.562. The minimum Gasteiger partial charge on any atom is -0.392 e. The predicted octanol–water partition coefficient (Wildman–Crippen LogP) is 0.720. The van der Waals surface area contributed by atoms with Crippen LogP contribution in [0, 0.1) is 11.6 Å². The van der Waals surface area contributed by atoms with Crippen LogP contribution in [0.4, 0.5) is 8.78 Å². The van der Waals surface area contributed by atoms with Gasteiger partial charge < -0.3 is 5.11 Å². The summed E-state index contributed by atoms with van der Waals surface area (Å²) in [5.74, 6) is -1.95. The van der Waals surface area contributed by atoms with E-state index in [1.165, 1.54) is 0 Å². The van der Waals surface area contributed by atoms with Crippen molar-refractivity contribution in [3.63, 3.8) is 0 Å². The molecule has 1 aliphatic rings. The van der Waals surface area contributed by atoms with Gasteiger partial charge in [-0.1, -0.05) is 0 Å². The van der Waals surface area contributed by atoms with Gasteiger partial charge in [-0.2, -0.15) is 4.31 Å². The van der Waals surface area contributed by atoms with E-state index in [1.807, 2.05) is 0 Å². The molecule has 94 valence electrons. The van der Waals surface area contributed by atoms with Crippen molar-refractivity contribution in [1.29, 1.82) is 0 Å². The molecule has 1 aromatic carbocycles. The Kier molecular flexibility index (Phi) is 3.15. The number of aliphatic hydroxyl groups is 1. The first-order valence-corrected chi connectivity index (χ1v) is 6.48. The highest BCUT2D eigenvalue weighted by atomic mass is 32.2. The Morgan fingerprint density at radius 1 is 1.35 bits per heavy atom. The number of hydrogen-bond donors (Lipinski definition) is 1. The first kappa shape index (κ1) is 12.4. The molecule has 1 N–H and O–H groups in total. The van der Waals surface area contributed by atoms with Gasteiger partial charge in [0.1, 0.15) is 16.5 Å². The van der Waals surface area contributed by atoms with Crippen molar-refractivity contribution in [3.05, 3.63) is 29.8 Å². The standard InChI is InChI=1S/C10H11F2NO3S/c11-7-1-2-10(9(12)5-7)17(15,16)13-4-3-8(14)6-13/h1-2,5,8,14H,3-4,6H2/t8-/m1/s1. The molecule has 4 nitrogen and oxygen atoms in total. The highest BCUT2D eigenvalue weighted by molar-refractivity contribution is 7.89. The van der Waals surface area contributed by atoms with Crippen LogP contribution in [0.2, 0.25) is 0 Å². The zero-order valence-electron chi connectivity index (χ0n) is 8.81. The van der Waals surface area contributed by atoms with E-state index in [1.54, 1.807) is 0 Å². The highest BCUT2D eigenvalue weighted by Crippen LogP contribution is 2.23. The van der Waals surface area contributed by atoms with Crippen LogP contribution in [0.25, 0.3) is 0 Å². The Hall–Kier alpha value is -1.05. The van der Waals surface area contributed by atoms with Crippen LogP contribution in [-0.2, 0) is 10.0 Å². The second kappa shape index (κ2) is 4.32. The van der Waals surface area contributed by atoms with E-state index < -0.39 is 32.7 Å². The molecule has 2 rings (SSSR count). The molecule has 1 atom stereocenters. The third kappa shape index (κ3) is 2.31. The molecule has 1 fully saturated rings. The van der Waals surface area contributed by atoms with E-state index in [9.17, 15) is 22.3 Å². The maximum Gasteiger partial charge on any atom is 0.246 e. The van der Waals surface area contributed by atoms with E-state index >= 15 is 0 Å². The number of β-amino-alcohol motifs (C(OH)–C–C–N with tert-alkyl or cyclic N) is 1. The Labute approximate surface area is 97.5 Å². The van der Waals surface area contributed by atoms with Crippen molar-refractivity contribution in [2.45, 2.75) is 17.4 Å². The number of benzene rings is 1. The third-order valence-electron chi connectivity index (χ3n) is 2.64. The molecule has 1 aliphatic heterocycles. The summed E-state index contributed by atoms with van der Waals surface area (Å²) >= 11 is 0. The van der Waals surface area contributed by atoms with Gasteiger partial charge in [0, 0.05) is 19.2 Å². The van der Waals surface area contributed by atoms with Crippen molar-refractivity contribution in [3.8, 4) is 0 Å². The lowest BCUT2D eigenvalue weighted by molar-refractivity contribution is 0.189. The summed E-state index contributed by atoms with van der Waals surface area (Å²) in [5.41, 5.74) is 0. The number of halogens is 2. The fourth-order valence-electron chi connectivity index (χ4n) is 1.75. The average molecular weight is 263 g/mol. The Morgan fingerprint density at radius 2 is 2.06 bits per heavy atom. The number of rotatable bonds is 2. The molecular formula is C10H11F2NO3S. The lowest BCUT2D eigenvalue weighted by Gasteiger charge is -2.16. The van der Waals surface area contributed by atoms with Gasteiger partial charge in [-0.25, -0.2) is 17.2 Å². The van der Waals surface area contributed by atoms with Crippen molar-refractivity contribution in [2.24, 2.45) is 0 Å². The lowest BCUT2D eigenvalue weighted by atomic mass is 10.3. The topological polar surface area (TPSA) is 57.6 Å². The van der Waals surface area contributed by atoms with E-state index in [4.69, 9.17) is 0 Å². The van der Waals surface area contributed by atoms with Crippen molar-refractivity contribution >= 4 is 10.0 Å². The maximum atomic E-state index is 13.4. The molecule has 0 spiro atoms. The van der Waals surface area contributed by atoms with E-state index in [0.717, 1.165) is 16.4 Å². The molecule has 0 unspecified atom stereocenters. The highest BCUT2D eigenvalue weighted by Gasteiger charge is 2.33. The fraction of sp³-hybridized carbons (Fsp3) is 0.400. The molecule has 0 radical (unpaired) electrons. The first-order valence-electron chi connectivity index (χ1n) is 5.04. The second-order valence-electron chi connectivity index (χ2n) is 3.88. The van der Waals surface area contributed by atoms with Crippen molar-refractivity contribution < 1.29 is 22.3 Å². The zero-order chi connectivity index (χ0) is 12.6. The van der Waals surface area contributed by atoms with Gasteiger partial charge in [0.05, 0.1) is 6.10 Å². The van der Waals surface area contributed by atoms with Gasteiger partial charge in [0.2, 0.25) is 10.0 Å². The van der Waals surface area contributed by atoms with Crippen LogP contribution in [0.15, 0.2) is 23.1 Å². The number of hydrogen-bond acceptors (Lipinski definition) is 3. The van der Waals surface area contributed by atoms with Crippen LogP contribution in [0.1, 0.15) is 6.42 Å². The summed E-state index contributed by atoms with van der Waals surface area (Å²) in [6, 6.07) is 2.31. The predicted molar refractivity (Wildman–Crippen MR) is 55.7 cm³/mol. The molecule has 0 amide bonds. The summed E-state index contributed by atoms with van der Waals surface area (Å²) in [6.45, 7) is 0.0828. The van der Waals surface area contributed by atoms with Crippen LogP contribution in [0.5, 0.6) is 0 Å². The summed E-state index contributed by atoms with van der Waals surface area (Å²) in [6.07, 6.45) is -0.407. The number of aliphatic hydroxyl groups excluding tert-OH is 1. The van der Waals surface area contributed by atoms with Crippen LogP contribution in [-0.4, -0.2) is 37.0 Å². The Morgan fingerprint density at radius 3 is 2.59 bits per heavy atom. The van der Waals surface area contributed by atoms with Gasteiger partial charge in [-0.05, 0) is 18.6 Å². The average Bonchev–Trinajstić information content (AvgIpc) is 2.64. The van der Waals surface area contributed by atoms with E-state index in [2.05, 4.69) is 0 Å². The Bertz CT molecular complexity index is 532. The molecule has 0 aromatic heterocycles. The van der Waals surface area contributed by atoms with Gasteiger partial charge in [-0.15, -0.1) is 0 Å². The third-order valence-corrected chi connectivity index (χ3v) is 4.54. The van der Waals surface area contributed by atoms with Crippen LogP contribution >= 0.6 is 0 Å². The minimum atomic E-state index is -3.99. The van der Waals surface area contributed by atoms with Crippen LogP contribution in [0.3, 0.4) is 0 Å².